The average molecular weight is 267 g/mol. The van der Waals surface area contributed by atoms with Crippen molar-refractivity contribution in [2.24, 2.45) is 5.92 Å². The summed E-state index contributed by atoms with van der Waals surface area (Å²) in [5.41, 5.74) is 0. The molecule has 2 fully saturated rings. The van der Waals surface area contributed by atoms with E-state index >= 15 is 0 Å². The first-order valence-electron chi connectivity index (χ1n) is 8.50. The molecule has 2 aliphatic rings. The lowest BCUT2D eigenvalue weighted by Gasteiger charge is -2.26. The van der Waals surface area contributed by atoms with E-state index in [9.17, 15) is 0 Å². The monoisotopic (exact) mass is 267 g/mol. The number of likely N-dealkylation sites (tertiary alicyclic amines) is 1. The maximum absolute atomic E-state index is 3.46. The van der Waals surface area contributed by atoms with Crippen LogP contribution in [0.25, 0.3) is 0 Å². The van der Waals surface area contributed by atoms with Crippen molar-refractivity contribution in [3.8, 4) is 0 Å². The second kappa shape index (κ2) is 8.23. The van der Waals surface area contributed by atoms with E-state index in [1.54, 1.807) is 0 Å². The van der Waals surface area contributed by atoms with Gasteiger partial charge in [0.25, 0.3) is 0 Å². The number of rotatable bonds is 7. The molecule has 1 atom stereocenters. The van der Waals surface area contributed by atoms with E-state index in [-0.39, 0.29) is 0 Å². The summed E-state index contributed by atoms with van der Waals surface area (Å²) < 4.78 is 0. The van der Waals surface area contributed by atoms with Crippen LogP contribution in [0.2, 0.25) is 0 Å². The highest BCUT2D eigenvalue weighted by molar-refractivity contribution is 4.82. The zero-order valence-electron chi connectivity index (χ0n) is 13.0. The van der Waals surface area contributed by atoms with Crippen molar-refractivity contribution >= 4 is 0 Å². The molecule has 2 heterocycles. The molecule has 0 aromatic heterocycles. The molecule has 0 aliphatic carbocycles. The van der Waals surface area contributed by atoms with E-state index in [0.29, 0.717) is 0 Å². The zero-order chi connectivity index (χ0) is 13.5. The Bertz CT molecular complexity index is 234. The van der Waals surface area contributed by atoms with Gasteiger partial charge in [-0.3, -0.25) is 4.90 Å². The Labute approximate surface area is 119 Å². The van der Waals surface area contributed by atoms with Gasteiger partial charge in [-0.15, -0.1) is 0 Å². The molecule has 19 heavy (non-hydrogen) atoms. The normalized spacial score (nSPS) is 26.4. The highest BCUT2D eigenvalue weighted by Crippen LogP contribution is 2.20. The molecule has 2 rings (SSSR count). The van der Waals surface area contributed by atoms with E-state index < -0.39 is 0 Å². The molecule has 0 aromatic carbocycles. The molecule has 0 aromatic rings. The molecule has 0 amide bonds. The predicted octanol–water partition coefficient (Wildman–Crippen LogP) is 2.18. The van der Waals surface area contributed by atoms with Crippen LogP contribution in [0.1, 0.15) is 46.0 Å². The lowest BCUT2D eigenvalue weighted by atomic mass is 9.93. The summed E-state index contributed by atoms with van der Waals surface area (Å²) in [6.45, 7) is 13.5. The quantitative estimate of drug-likeness (QED) is 0.763. The second-order valence-electron chi connectivity index (χ2n) is 6.30. The average Bonchev–Trinajstić information content (AvgIpc) is 2.90. The largest absolute Gasteiger partial charge is 0.317 e. The molecule has 0 bridgehead atoms. The molecule has 3 nitrogen and oxygen atoms in total. The minimum Gasteiger partial charge on any atom is -0.317 e. The van der Waals surface area contributed by atoms with Crippen LogP contribution in [0.3, 0.4) is 0 Å². The van der Waals surface area contributed by atoms with Gasteiger partial charge in [-0.2, -0.15) is 0 Å². The first-order valence-corrected chi connectivity index (χ1v) is 8.50. The van der Waals surface area contributed by atoms with Crippen molar-refractivity contribution in [2.75, 3.05) is 45.8 Å². The minimum absolute atomic E-state index is 0.828. The maximum Gasteiger partial charge on any atom is 0.0235 e. The van der Waals surface area contributed by atoms with Gasteiger partial charge in [0.1, 0.15) is 0 Å². The summed E-state index contributed by atoms with van der Waals surface area (Å²) in [7, 11) is 0. The Morgan fingerprint density at radius 1 is 1.11 bits per heavy atom. The lowest BCUT2D eigenvalue weighted by molar-refractivity contribution is 0.208. The van der Waals surface area contributed by atoms with Crippen molar-refractivity contribution in [1.82, 2.24) is 15.1 Å². The van der Waals surface area contributed by atoms with E-state index in [4.69, 9.17) is 0 Å². The Morgan fingerprint density at radius 2 is 1.84 bits per heavy atom. The van der Waals surface area contributed by atoms with Crippen molar-refractivity contribution in [3.05, 3.63) is 0 Å². The highest BCUT2D eigenvalue weighted by atomic mass is 15.2. The molecular formula is C16H33N3. The van der Waals surface area contributed by atoms with E-state index in [1.807, 2.05) is 0 Å². The molecule has 2 saturated heterocycles. The van der Waals surface area contributed by atoms with E-state index in [0.717, 1.165) is 12.0 Å². The lowest BCUT2D eigenvalue weighted by Crippen LogP contribution is -2.37. The van der Waals surface area contributed by atoms with Crippen LogP contribution < -0.4 is 5.32 Å². The summed E-state index contributed by atoms with van der Waals surface area (Å²) in [5, 5.41) is 3.46. The van der Waals surface area contributed by atoms with Gasteiger partial charge in [0.05, 0.1) is 0 Å². The van der Waals surface area contributed by atoms with Crippen molar-refractivity contribution < 1.29 is 0 Å². The van der Waals surface area contributed by atoms with Gasteiger partial charge in [0.15, 0.2) is 0 Å². The molecule has 1 unspecified atom stereocenters. The first kappa shape index (κ1) is 15.3. The molecular weight excluding hydrogens is 234 g/mol. The Kier molecular flexibility index (Phi) is 6.62. The Morgan fingerprint density at radius 3 is 2.53 bits per heavy atom. The molecule has 3 heteroatoms. The SMILES string of the molecule is CCN(CC)C1CCN(CCCC2CCNCC2)C1. The van der Waals surface area contributed by atoms with E-state index in [1.165, 1.54) is 77.9 Å². The van der Waals surface area contributed by atoms with Crippen LogP contribution in [0.5, 0.6) is 0 Å². The second-order valence-corrected chi connectivity index (χ2v) is 6.30. The van der Waals surface area contributed by atoms with Crippen LogP contribution in [0, 0.1) is 5.92 Å². The van der Waals surface area contributed by atoms with Gasteiger partial charge in [-0.25, -0.2) is 0 Å². The fourth-order valence-electron chi connectivity index (χ4n) is 3.83. The fraction of sp³-hybridized carbons (Fsp3) is 1.00. The summed E-state index contributed by atoms with van der Waals surface area (Å²) in [4.78, 5) is 5.33. The number of nitrogens with zero attached hydrogens (tertiary/aromatic N) is 2. The van der Waals surface area contributed by atoms with Crippen LogP contribution in [0.15, 0.2) is 0 Å². The molecule has 2 aliphatic heterocycles. The van der Waals surface area contributed by atoms with Gasteiger partial charge in [-0.1, -0.05) is 13.8 Å². The zero-order valence-corrected chi connectivity index (χ0v) is 13.0. The van der Waals surface area contributed by atoms with Crippen molar-refractivity contribution in [3.63, 3.8) is 0 Å². The fourth-order valence-corrected chi connectivity index (χ4v) is 3.83. The smallest absolute Gasteiger partial charge is 0.0235 e. The first-order chi connectivity index (χ1) is 9.33. The van der Waals surface area contributed by atoms with Gasteiger partial charge in [0, 0.05) is 12.6 Å². The maximum atomic E-state index is 3.46. The third kappa shape index (κ3) is 4.73. The number of hydrogen-bond acceptors (Lipinski definition) is 3. The van der Waals surface area contributed by atoms with Crippen LogP contribution in [0.4, 0.5) is 0 Å². The van der Waals surface area contributed by atoms with Crippen LogP contribution in [-0.2, 0) is 0 Å². The molecule has 0 radical (unpaired) electrons. The van der Waals surface area contributed by atoms with Crippen molar-refractivity contribution in [1.29, 1.82) is 0 Å². The van der Waals surface area contributed by atoms with Crippen LogP contribution >= 0.6 is 0 Å². The number of piperidine rings is 1. The van der Waals surface area contributed by atoms with Crippen LogP contribution in [-0.4, -0.2) is 61.7 Å². The Hall–Kier alpha value is -0.120. The standard InChI is InChI=1S/C16H33N3/c1-3-19(4-2)16-9-13-18(14-16)12-5-6-15-7-10-17-11-8-15/h15-17H,3-14H2,1-2H3. The summed E-state index contributed by atoms with van der Waals surface area (Å²) in [5.74, 6) is 1.00. The third-order valence-electron chi connectivity index (χ3n) is 5.12. The van der Waals surface area contributed by atoms with Gasteiger partial charge in [-0.05, 0) is 77.3 Å². The third-order valence-corrected chi connectivity index (χ3v) is 5.12. The van der Waals surface area contributed by atoms with E-state index in [2.05, 4.69) is 29.0 Å². The van der Waals surface area contributed by atoms with Crippen molar-refractivity contribution in [2.45, 2.75) is 52.0 Å². The summed E-state index contributed by atoms with van der Waals surface area (Å²) in [6.07, 6.45) is 7.06. The minimum atomic E-state index is 0.828. The molecule has 1 N–H and O–H groups in total. The number of likely N-dealkylation sites (N-methyl/N-ethyl adjacent to an activating group) is 1. The summed E-state index contributed by atoms with van der Waals surface area (Å²) >= 11 is 0. The predicted molar refractivity (Wildman–Crippen MR) is 82.6 cm³/mol. The summed E-state index contributed by atoms with van der Waals surface area (Å²) in [6, 6.07) is 0.828. The molecule has 112 valence electrons. The number of nitrogens with one attached hydrogen (secondary N) is 1. The van der Waals surface area contributed by atoms with Gasteiger partial charge >= 0.3 is 0 Å². The van der Waals surface area contributed by atoms with Gasteiger partial charge < -0.3 is 10.2 Å². The Balaban J connectivity index is 1.59. The van der Waals surface area contributed by atoms with Gasteiger partial charge in [0.2, 0.25) is 0 Å². The molecule has 0 spiro atoms. The topological polar surface area (TPSA) is 18.5 Å². The number of hydrogen-bond donors (Lipinski definition) is 1. The molecule has 0 saturated carbocycles. The highest BCUT2D eigenvalue weighted by Gasteiger charge is 2.25.